The minimum absolute atomic E-state index is 0.308. The summed E-state index contributed by atoms with van der Waals surface area (Å²) in [6.45, 7) is 4.60. The number of carboxylic acids is 1. The van der Waals surface area contributed by atoms with Gasteiger partial charge in [0.1, 0.15) is 0 Å². The van der Waals surface area contributed by atoms with Gasteiger partial charge >= 0.3 is 5.97 Å². The van der Waals surface area contributed by atoms with Crippen LogP contribution in [0.4, 0.5) is 5.69 Å². The highest BCUT2D eigenvalue weighted by atomic mass is 79.9. The SMILES string of the molecule is CC1CCCC(Nc2ccc(C(=O)O)cc2Br)C1C. The lowest BCUT2D eigenvalue weighted by molar-refractivity contribution is 0.0697. The summed E-state index contributed by atoms with van der Waals surface area (Å²) < 4.78 is 0.817. The fourth-order valence-electron chi connectivity index (χ4n) is 2.75. The van der Waals surface area contributed by atoms with Crippen molar-refractivity contribution in [3.63, 3.8) is 0 Å². The molecule has 3 unspecified atom stereocenters. The topological polar surface area (TPSA) is 49.3 Å². The Kier molecular flexibility index (Phi) is 4.50. The second-order valence-corrected chi connectivity index (χ2v) is 6.37. The maximum Gasteiger partial charge on any atom is 0.335 e. The molecule has 0 radical (unpaired) electrons. The quantitative estimate of drug-likeness (QED) is 0.866. The molecule has 3 atom stereocenters. The lowest BCUT2D eigenvalue weighted by atomic mass is 9.78. The molecule has 0 spiro atoms. The van der Waals surface area contributed by atoms with Gasteiger partial charge < -0.3 is 10.4 Å². The lowest BCUT2D eigenvalue weighted by Crippen LogP contribution is -2.35. The first-order chi connectivity index (χ1) is 8.99. The van der Waals surface area contributed by atoms with E-state index in [0.717, 1.165) is 16.1 Å². The van der Waals surface area contributed by atoms with Gasteiger partial charge in [0.25, 0.3) is 0 Å². The molecule has 1 aromatic rings. The molecule has 19 heavy (non-hydrogen) atoms. The van der Waals surface area contributed by atoms with E-state index in [-0.39, 0.29) is 0 Å². The van der Waals surface area contributed by atoms with Crippen LogP contribution < -0.4 is 5.32 Å². The average Bonchev–Trinajstić information content (AvgIpc) is 2.37. The summed E-state index contributed by atoms with van der Waals surface area (Å²) in [5, 5.41) is 12.5. The summed E-state index contributed by atoms with van der Waals surface area (Å²) in [7, 11) is 0. The molecule has 3 nitrogen and oxygen atoms in total. The lowest BCUT2D eigenvalue weighted by Gasteiger charge is -2.35. The van der Waals surface area contributed by atoms with Gasteiger partial charge in [0.2, 0.25) is 0 Å². The van der Waals surface area contributed by atoms with Gasteiger partial charge in [-0.2, -0.15) is 0 Å². The zero-order chi connectivity index (χ0) is 14.0. The van der Waals surface area contributed by atoms with Crippen molar-refractivity contribution >= 4 is 27.6 Å². The van der Waals surface area contributed by atoms with Crippen LogP contribution in [0.15, 0.2) is 22.7 Å². The zero-order valence-corrected chi connectivity index (χ0v) is 12.9. The number of rotatable bonds is 3. The first kappa shape index (κ1) is 14.4. The highest BCUT2D eigenvalue weighted by Crippen LogP contribution is 2.33. The molecular weight excluding hydrogens is 306 g/mol. The first-order valence-electron chi connectivity index (χ1n) is 6.78. The van der Waals surface area contributed by atoms with E-state index >= 15 is 0 Å². The molecular formula is C15H20BrNO2. The van der Waals surface area contributed by atoms with Gasteiger partial charge in [-0.3, -0.25) is 0 Å². The summed E-state index contributed by atoms with van der Waals surface area (Å²) in [5.74, 6) is 0.482. The molecule has 1 aliphatic rings. The Labute approximate surface area is 122 Å². The second-order valence-electron chi connectivity index (χ2n) is 5.52. The Bertz CT molecular complexity index is 475. The van der Waals surface area contributed by atoms with Crippen LogP contribution in [0.1, 0.15) is 43.5 Å². The number of carbonyl (C=O) groups is 1. The van der Waals surface area contributed by atoms with Gasteiger partial charge in [-0.15, -0.1) is 0 Å². The summed E-state index contributed by atoms with van der Waals surface area (Å²) in [6.07, 6.45) is 3.74. The summed E-state index contributed by atoms with van der Waals surface area (Å²) >= 11 is 3.45. The predicted molar refractivity (Wildman–Crippen MR) is 80.7 cm³/mol. The largest absolute Gasteiger partial charge is 0.478 e. The van der Waals surface area contributed by atoms with Crippen LogP contribution in [0.3, 0.4) is 0 Å². The zero-order valence-electron chi connectivity index (χ0n) is 11.3. The van der Waals surface area contributed by atoms with Crippen LogP contribution in [-0.4, -0.2) is 17.1 Å². The van der Waals surface area contributed by atoms with E-state index in [9.17, 15) is 4.79 Å². The summed E-state index contributed by atoms with van der Waals surface area (Å²) in [5.41, 5.74) is 1.29. The molecule has 1 saturated carbocycles. The van der Waals surface area contributed by atoms with E-state index in [1.165, 1.54) is 19.3 Å². The van der Waals surface area contributed by atoms with Crippen LogP contribution in [0.25, 0.3) is 0 Å². The fourth-order valence-corrected chi connectivity index (χ4v) is 3.24. The van der Waals surface area contributed by atoms with Crippen molar-refractivity contribution in [3.05, 3.63) is 28.2 Å². The van der Waals surface area contributed by atoms with E-state index < -0.39 is 5.97 Å². The molecule has 0 saturated heterocycles. The van der Waals surface area contributed by atoms with E-state index in [4.69, 9.17) is 5.11 Å². The third kappa shape index (κ3) is 3.30. The molecule has 0 aromatic heterocycles. The van der Waals surface area contributed by atoms with Gasteiger partial charge in [-0.05, 0) is 52.4 Å². The Hall–Kier alpha value is -1.03. The molecule has 0 heterocycles. The Morgan fingerprint density at radius 1 is 1.37 bits per heavy atom. The second kappa shape index (κ2) is 5.95. The molecule has 1 aromatic carbocycles. The fraction of sp³-hybridized carbons (Fsp3) is 0.533. The van der Waals surface area contributed by atoms with Crippen LogP contribution in [0.5, 0.6) is 0 Å². The highest BCUT2D eigenvalue weighted by molar-refractivity contribution is 9.10. The van der Waals surface area contributed by atoms with Gasteiger partial charge in [0.05, 0.1) is 5.56 Å². The van der Waals surface area contributed by atoms with E-state index in [0.29, 0.717) is 17.5 Å². The number of anilines is 1. The van der Waals surface area contributed by atoms with Crippen molar-refractivity contribution in [1.82, 2.24) is 0 Å². The average molecular weight is 326 g/mol. The number of nitrogens with one attached hydrogen (secondary N) is 1. The third-order valence-corrected chi connectivity index (χ3v) is 4.92. The van der Waals surface area contributed by atoms with Crippen LogP contribution in [0, 0.1) is 11.8 Å². The van der Waals surface area contributed by atoms with Crippen LogP contribution in [-0.2, 0) is 0 Å². The van der Waals surface area contributed by atoms with Crippen molar-refractivity contribution in [2.24, 2.45) is 11.8 Å². The Morgan fingerprint density at radius 3 is 2.74 bits per heavy atom. The highest BCUT2D eigenvalue weighted by Gasteiger charge is 2.27. The summed E-state index contributed by atoms with van der Waals surface area (Å²) in [6, 6.07) is 5.61. The Balaban J connectivity index is 2.12. The molecule has 0 amide bonds. The molecule has 2 rings (SSSR count). The molecule has 0 aliphatic heterocycles. The van der Waals surface area contributed by atoms with Gasteiger partial charge in [0, 0.05) is 16.2 Å². The third-order valence-electron chi connectivity index (χ3n) is 4.26. The van der Waals surface area contributed by atoms with Crippen molar-refractivity contribution in [3.8, 4) is 0 Å². The normalized spacial score (nSPS) is 27.0. The molecule has 1 aliphatic carbocycles. The minimum Gasteiger partial charge on any atom is -0.478 e. The minimum atomic E-state index is -0.896. The van der Waals surface area contributed by atoms with E-state index in [2.05, 4.69) is 35.1 Å². The monoisotopic (exact) mass is 325 g/mol. The van der Waals surface area contributed by atoms with Gasteiger partial charge in [0.15, 0.2) is 0 Å². The van der Waals surface area contributed by atoms with Crippen molar-refractivity contribution in [2.45, 2.75) is 39.2 Å². The molecule has 2 N–H and O–H groups in total. The van der Waals surface area contributed by atoms with Crippen molar-refractivity contribution in [1.29, 1.82) is 0 Å². The number of hydrogen-bond acceptors (Lipinski definition) is 2. The maximum absolute atomic E-state index is 10.9. The maximum atomic E-state index is 10.9. The standard InChI is InChI=1S/C15H20BrNO2/c1-9-4-3-5-13(10(9)2)17-14-7-6-11(15(18)19)8-12(14)16/h6-10,13,17H,3-5H2,1-2H3,(H,18,19). The molecule has 0 bridgehead atoms. The van der Waals surface area contributed by atoms with Crippen LogP contribution >= 0.6 is 15.9 Å². The first-order valence-corrected chi connectivity index (χ1v) is 7.57. The van der Waals surface area contributed by atoms with Crippen molar-refractivity contribution < 1.29 is 9.90 Å². The molecule has 4 heteroatoms. The number of aromatic carboxylic acids is 1. The summed E-state index contributed by atoms with van der Waals surface area (Å²) in [4.78, 5) is 10.9. The van der Waals surface area contributed by atoms with Crippen molar-refractivity contribution in [2.75, 3.05) is 5.32 Å². The number of benzene rings is 1. The Morgan fingerprint density at radius 2 is 2.11 bits per heavy atom. The molecule has 1 fully saturated rings. The smallest absolute Gasteiger partial charge is 0.335 e. The molecule has 104 valence electrons. The predicted octanol–water partition coefficient (Wildman–Crippen LogP) is 4.38. The van der Waals surface area contributed by atoms with E-state index in [1.54, 1.807) is 12.1 Å². The van der Waals surface area contributed by atoms with Gasteiger partial charge in [-0.1, -0.05) is 26.7 Å². The number of carboxylic acid groups (broad SMARTS) is 1. The van der Waals surface area contributed by atoms with Crippen LogP contribution in [0.2, 0.25) is 0 Å². The van der Waals surface area contributed by atoms with E-state index in [1.807, 2.05) is 6.07 Å². The number of halogens is 1. The van der Waals surface area contributed by atoms with Gasteiger partial charge in [-0.25, -0.2) is 4.79 Å². The number of hydrogen-bond donors (Lipinski definition) is 2.